The molecule has 0 atom stereocenters. The van der Waals surface area contributed by atoms with Crippen LogP contribution in [0.4, 0.5) is 0 Å². The average Bonchev–Trinajstić information content (AvgIpc) is 2.75. The SMILES string of the molecule is O=C(N/N=C\c1cccc(/C=N\NC(=O)c2ccc(O)cc2)c1)c1ccc(O)cc1. The lowest BCUT2D eigenvalue weighted by Gasteiger charge is -2.01. The molecular formula is C22H18N4O4. The van der Waals surface area contributed by atoms with Crippen LogP contribution in [0.3, 0.4) is 0 Å². The van der Waals surface area contributed by atoms with Gasteiger partial charge in [-0.05, 0) is 65.7 Å². The Bertz CT molecular complexity index is 1010. The number of rotatable bonds is 6. The maximum absolute atomic E-state index is 12.0. The van der Waals surface area contributed by atoms with Crippen LogP contribution in [0.25, 0.3) is 0 Å². The van der Waals surface area contributed by atoms with Gasteiger partial charge >= 0.3 is 0 Å². The number of aromatic hydroxyl groups is 2. The molecule has 0 saturated heterocycles. The van der Waals surface area contributed by atoms with E-state index in [1.54, 1.807) is 24.3 Å². The second-order valence-electron chi connectivity index (χ2n) is 6.16. The van der Waals surface area contributed by atoms with E-state index in [4.69, 9.17) is 0 Å². The van der Waals surface area contributed by atoms with Crippen molar-refractivity contribution in [3.05, 3.63) is 95.1 Å². The predicted molar refractivity (Wildman–Crippen MR) is 113 cm³/mol. The molecule has 30 heavy (non-hydrogen) atoms. The van der Waals surface area contributed by atoms with Crippen LogP contribution in [0.2, 0.25) is 0 Å². The molecule has 0 unspecified atom stereocenters. The van der Waals surface area contributed by atoms with Crippen molar-refractivity contribution >= 4 is 24.2 Å². The first-order valence-corrected chi connectivity index (χ1v) is 8.86. The molecule has 2 amide bonds. The van der Waals surface area contributed by atoms with Crippen molar-refractivity contribution in [2.24, 2.45) is 10.2 Å². The molecule has 8 heteroatoms. The fraction of sp³-hybridized carbons (Fsp3) is 0. The maximum Gasteiger partial charge on any atom is 0.271 e. The quantitative estimate of drug-likeness (QED) is 0.374. The summed E-state index contributed by atoms with van der Waals surface area (Å²) in [5, 5.41) is 26.3. The molecule has 3 aromatic rings. The van der Waals surface area contributed by atoms with Gasteiger partial charge in [-0.15, -0.1) is 0 Å². The number of hydrazone groups is 2. The molecule has 0 aliphatic carbocycles. The molecule has 3 rings (SSSR count). The first kappa shape index (κ1) is 20.3. The van der Waals surface area contributed by atoms with E-state index in [-0.39, 0.29) is 11.5 Å². The lowest BCUT2D eigenvalue weighted by molar-refractivity contribution is 0.0947. The second kappa shape index (κ2) is 9.65. The Kier molecular flexibility index (Phi) is 6.52. The van der Waals surface area contributed by atoms with Crippen LogP contribution in [0.1, 0.15) is 31.8 Å². The van der Waals surface area contributed by atoms with E-state index in [0.29, 0.717) is 11.1 Å². The number of carbonyl (C=O) groups is 2. The van der Waals surface area contributed by atoms with Crippen LogP contribution < -0.4 is 10.9 Å². The maximum atomic E-state index is 12.0. The predicted octanol–water partition coefficient (Wildman–Crippen LogP) is 2.63. The minimum Gasteiger partial charge on any atom is -0.508 e. The van der Waals surface area contributed by atoms with Gasteiger partial charge in [0, 0.05) is 11.1 Å². The summed E-state index contributed by atoms with van der Waals surface area (Å²) in [6.45, 7) is 0. The van der Waals surface area contributed by atoms with Crippen LogP contribution in [0.15, 0.2) is 83.0 Å². The van der Waals surface area contributed by atoms with Crippen molar-refractivity contribution in [1.82, 2.24) is 10.9 Å². The van der Waals surface area contributed by atoms with Gasteiger partial charge in [0.05, 0.1) is 12.4 Å². The molecule has 8 nitrogen and oxygen atoms in total. The van der Waals surface area contributed by atoms with E-state index < -0.39 is 11.8 Å². The van der Waals surface area contributed by atoms with Gasteiger partial charge in [0.15, 0.2) is 0 Å². The van der Waals surface area contributed by atoms with Gasteiger partial charge in [-0.3, -0.25) is 9.59 Å². The standard InChI is InChI=1S/C22H18N4O4/c27-19-8-4-17(5-9-19)21(29)25-23-13-15-2-1-3-16(12-15)14-24-26-22(30)18-6-10-20(28)11-7-18/h1-14,27-28H,(H,25,29)(H,26,30)/b23-13-,24-14-. The Morgan fingerprint density at radius 2 is 1.07 bits per heavy atom. The summed E-state index contributed by atoms with van der Waals surface area (Å²) in [5.74, 6) is -0.651. The average molecular weight is 402 g/mol. The molecule has 0 saturated carbocycles. The zero-order valence-electron chi connectivity index (χ0n) is 15.7. The highest BCUT2D eigenvalue weighted by molar-refractivity contribution is 5.96. The summed E-state index contributed by atoms with van der Waals surface area (Å²) in [4.78, 5) is 23.9. The summed E-state index contributed by atoms with van der Waals surface area (Å²) in [5.41, 5.74) is 6.99. The molecular weight excluding hydrogens is 384 g/mol. The molecule has 0 bridgehead atoms. The van der Waals surface area contributed by atoms with Crippen molar-refractivity contribution in [2.45, 2.75) is 0 Å². The highest BCUT2D eigenvalue weighted by atomic mass is 16.3. The van der Waals surface area contributed by atoms with Gasteiger partial charge in [-0.2, -0.15) is 10.2 Å². The molecule has 0 fully saturated rings. The monoisotopic (exact) mass is 402 g/mol. The summed E-state index contributed by atoms with van der Waals surface area (Å²) in [6, 6.07) is 18.8. The lowest BCUT2D eigenvalue weighted by atomic mass is 10.1. The normalized spacial score (nSPS) is 10.9. The summed E-state index contributed by atoms with van der Waals surface area (Å²) < 4.78 is 0. The zero-order valence-corrected chi connectivity index (χ0v) is 15.7. The summed E-state index contributed by atoms with van der Waals surface area (Å²) >= 11 is 0. The Morgan fingerprint density at radius 1 is 0.667 bits per heavy atom. The topological polar surface area (TPSA) is 123 Å². The van der Waals surface area contributed by atoms with Gasteiger partial charge in [-0.25, -0.2) is 10.9 Å². The molecule has 0 heterocycles. The van der Waals surface area contributed by atoms with Crippen molar-refractivity contribution in [1.29, 1.82) is 0 Å². The van der Waals surface area contributed by atoms with Crippen molar-refractivity contribution in [3.8, 4) is 11.5 Å². The smallest absolute Gasteiger partial charge is 0.271 e. The van der Waals surface area contributed by atoms with Gasteiger partial charge < -0.3 is 10.2 Å². The fourth-order valence-electron chi connectivity index (χ4n) is 2.41. The second-order valence-corrected chi connectivity index (χ2v) is 6.16. The zero-order chi connectivity index (χ0) is 21.3. The number of amides is 2. The van der Waals surface area contributed by atoms with Gasteiger partial charge in [0.1, 0.15) is 11.5 Å². The number of phenolic OH excluding ortho intramolecular Hbond substituents is 2. The number of nitrogens with zero attached hydrogens (tertiary/aromatic N) is 2. The van der Waals surface area contributed by atoms with Crippen LogP contribution >= 0.6 is 0 Å². The minimum absolute atomic E-state index is 0.0767. The number of carbonyl (C=O) groups excluding carboxylic acids is 2. The van der Waals surface area contributed by atoms with E-state index in [2.05, 4.69) is 21.1 Å². The summed E-state index contributed by atoms with van der Waals surface area (Å²) in [7, 11) is 0. The molecule has 0 aliphatic heterocycles. The van der Waals surface area contributed by atoms with Crippen LogP contribution in [0, 0.1) is 0 Å². The Labute approximate surface area is 172 Å². The molecule has 0 radical (unpaired) electrons. The van der Waals surface area contributed by atoms with Crippen molar-refractivity contribution in [2.75, 3.05) is 0 Å². The molecule has 0 aliphatic rings. The largest absolute Gasteiger partial charge is 0.508 e. The van der Waals surface area contributed by atoms with Crippen LogP contribution in [0.5, 0.6) is 11.5 Å². The third-order valence-corrected chi connectivity index (χ3v) is 3.93. The molecule has 4 N–H and O–H groups in total. The third-order valence-electron chi connectivity index (χ3n) is 3.93. The van der Waals surface area contributed by atoms with E-state index in [1.165, 1.54) is 61.0 Å². The molecule has 0 spiro atoms. The van der Waals surface area contributed by atoms with Crippen molar-refractivity contribution in [3.63, 3.8) is 0 Å². The Hall–Kier alpha value is -4.46. The van der Waals surface area contributed by atoms with Gasteiger partial charge in [0.25, 0.3) is 11.8 Å². The minimum atomic E-state index is -0.402. The van der Waals surface area contributed by atoms with Gasteiger partial charge in [-0.1, -0.05) is 18.2 Å². The van der Waals surface area contributed by atoms with Crippen molar-refractivity contribution < 1.29 is 19.8 Å². The molecule has 3 aromatic carbocycles. The highest BCUT2D eigenvalue weighted by Gasteiger charge is 2.04. The number of nitrogens with one attached hydrogen (secondary N) is 2. The number of benzene rings is 3. The molecule has 150 valence electrons. The summed E-state index contributed by atoms with van der Waals surface area (Å²) in [6.07, 6.45) is 2.95. The van der Waals surface area contributed by atoms with E-state index in [1.807, 2.05) is 0 Å². The Morgan fingerprint density at radius 3 is 1.47 bits per heavy atom. The number of phenols is 2. The Balaban J connectivity index is 1.56. The lowest BCUT2D eigenvalue weighted by Crippen LogP contribution is -2.17. The molecule has 0 aromatic heterocycles. The van der Waals surface area contributed by atoms with E-state index in [0.717, 1.165) is 11.1 Å². The number of hydrogen-bond donors (Lipinski definition) is 4. The fourth-order valence-corrected chi connectivity index (χ4v) is 2.41. The first-order chi connectivity index (χ1) is 14.5. The van der Waals surface area contributed by atoms with Gasteiger partial charge in [0.2, 0.25) is 0 Å². The number of hydrogen-bond acceptors (Lipinski definition) is 6. The third kappa shape index (κ3) is 5.77. The van der Waals surface area contributed by atoms with Crippen LogP contribution in [-0.4, -0.2) is 34.5 Å². The van der Waals surface area contributed by atoms with E-state index >= 15 is 0 Å². The first-order valence-electron chi connectivity index (χ1n) is 8.86. The van der Waals surface area contributed by atoms with E-state index in [9.17, 15) is 19.8 Å². The highest BCUT2D eigenvalue weighted by Crippen LogP contribution is 2.10. The van der Waals surface area contributed by atoms with Crippen LogP contribution in [-0.2, 0) is 0 Å².